The van der Waals surface area contributed by atoms with Gasteiger partial charge < -0.3 is 0 Å². The first-order valence-corrected chi connectivity index (χ1v) is 5.04. The summed E-state index contributed by atoms with van der Waals surface area (Å²) in [5, 5.41) is 0. The van der Waals surface area contributed by atoms with Crippen molar-refractivity contribution in [1.29, 1.82) is 0 Å². The zero-order chi connectivity index (χ0) is 9.14. The normalized spacial score (nSPS) is 25.0. The van der Waals surface area contributed by atoms with Crippen LogP contribution in [0.5, 0.6) is 0 Å². The van der Waals surface area contributed by atoms with Crippen LogP contribution in [-0.2, 0) is 0 Å². The van der Waals surface area contributed by atoms with Gasteiger partial charge in [0, 0.05) is 12.8 Å². The number of hydrogen-bond donors (Lipinski definition) is 0. The van der Waals surface area contributed by atoms with Crippen LogP contribution < -0.4 is 0 Å². The highest BCUT2D eigenvalue weighted by molar-refractivity contribution is 5.77. The van der Waals surface area contributed by atoms with Gasteiger partial charge in [0.05, 0.1) is 26.2 Å². The zero-order valence-electron chi connectivity index (χ0n) is 8.80. The SMILES string of the molecule is CCC1=[N+](CC)CCC(C)N1C. The monoisotopic (exact) mass is 169 g/mol. The first-order valence-electron chi connectivity index (χ1n) is 5.04. The zero-order valence-corrected chi connectivity index (χ0v) is 8.80. The molecule has 1 atom stereocenters. The van der Waals surface area contributed by atoms with E-state index in [4.69, 9.17) is 0 Å². The van der Waals surface area contributed by atoms with E-state index in [2.05, 4.69) is 37.3 Å². The second kappa shape index (κ2) is 3.92. The molecule has 0 bridgehead atoms. The molecular formula is C10H21N2+. The van der Waals surface area contributed by atoms with E-state index >= 15 is 0 Å². The van der Waals surface area contributed by atoms with E-state index in [1.54, 1.807) is 0 Å². The smallest absolute Gasteiger partial charge is 0.246 e. The molecule has 2 nitrogen and oxygen atoms in total. The summed E-state index contributed by atoms with van der Waals surface area (Å²) in [5.74, 6) is 1.51. The van der Waals surface area contributed by atoms with Crippen LogP contribution in [0.3, 0.4) is 0 Å². The molecule has 0 saturated heterocycles. The van der Waals surface area contributed by atoms with E-state index in [1.807, 2.05) is 0 Å². The maximum absolute atomic E-state index is 2.49. The van der Waals surface area contributed by atoms with Gasteiger partial charge in [0.1, 0.15) is 0 Å². The molecule has 0 radical (unpaired) electrons. The van der Waals surface area contributed by atoms with Gasteiger partial charge in [0.15, 0.2) is 0 Å². The topological polar surface area (TPSA) is 6.25 Å². The Kier molecular flexibility index (Phi) is 3.12. The summed E-state index contributed by atoms with van der Waals surface area (Å²) in [7, 11) is 2.21. The Morgan fingerprint density at radius 3 is 2.67 bits per heavy atom. The van der Waals surface area contributed by atoms with Crippen LogP contribution in [0.4, 0.5) is 0 Å². The minimum absolute atomic E-state index is 0.725. The summed E-state index contributed by atoms with van der Waals surface area (Å²) < 4.78 is 2.49. The van der Waals surface area contributed by atoms with Gasteiger partial charge in [0.25, 0.3) is 0 Å². The Morgan fingerprint density at radius 2 is 2.17 bits per heavy atom. The Morgan fingerprint density at radius 1 is 1.50 bits per heavy atom. The third kappa shape index (κ3) is 1.62. The average molecular weight is 169 g/mol. The second-order valence-electron chi connectivity index (χ2n) is 3.60. The lowest BCUT2D eigenvalue weighted by Crippen LogP contribution is -2.46. The van der Waals surface area contributed by atoms with Gasteiger partial charge in [-0.25, -0.2) is 0 Å². The molecule has 12 heavy (non-hydrogen) atoms. The molecule has 1 aliphatic rings. The summed E-state index contributed by atoms with van der Waals surface area (Å²) in [6.07, 6.45) is 2.46. The molecule has 1 unspecified atom stereocenters. The van der Waals surface area contributed by atoms with Crippen molar-refractivity contribution in [2.24, 2.45) is 0 Å². The lowest BCUT2D eigenvalue weighted by molar-refractivity contribution is -0.537. The van der Waals surface area contributed by atoms with Crippen LogP contribution >= 0.6 is 0 Å². The average Bonchev–Trinajstić information content (AvgIpc) is 2.09. The first kappa shape index (κ1) is 9.56. The lowest BCUT2D eigenvalue weighted by Gasteiger charge is -2.28. The lowest BCUT2D eigenvalue weighted by atomic mass is 10.1. The van der Waals surface area contributed by atoms with E-state index < -0.39 is 0 Å². The molecule has 2 heteroatoms. The van der Waals surface area contributed by atoms with Crippen molar-refractivity contribution in [1.82, 2.24) is 4.90 Å². The van der Waals surface area contributed by atoms with Gasteiger partial charge in [-0.2, -0.15) is 0 Å². The van der Waals surface area contributed by atoms with Gasteiger partial charge in [-0.1, -0.05) is 6.92 Å². The minimum atomic E-state index is 0.725. The summed E-state index contributed by atoms with van der Waals surface area (Å²) >= 11 is 0. The quantitative estimate of drug-likeness (QED) is 0.568. The van der Waals surface area contributed by atoms with Crippen molar-refractivity contribution in [2.45, 2.75) is 39.7 Å². The highest BCUT2D eigenvalue weighted by atomic mass is 15.3. The van der Waals surface area contributed by atoms with Gasteiger partial charge in [-0.15, -0.1) is 0 Å². The largest absolute Gasteiger partial charge is 0.266 e. The maximum Gasteiger partial charge on any atom is 0.246 e. The van der Waals surface area contributed by atoms with Crippen molar-refractivity contribution in [3.63, 3.8) is 0 Å². The third-order valence-corrected chi connectivity index (χ3v) is 2.95. The van der Waals surface area contributed by atoms with E-state index in [9.17, 15) is 0 Å². The van der Waals surface area contributed by atoms with Crippen LogP contribution in [0.15, 0.2) is 0 Å². The van der Waals surface area contributed by atoms with Crippen molar-refractivity contribution < 1.29 is 4.58 Å². The summed E-state index contributed by atoms with van der Waals surface area (Å²) in [6.45, 7) is 9.18. The molecule has 0 aliphatic carbocycles. The molecule has 0 aromatic carbocycles. The second-order valence-corrected chi connectivity index (χ2v) is 3.60. The van der Waals surface area contributed by atoms with Gasteiger partial charge >= 0.3 is 0 Å². The molecule has 0 N–H and O–H groups in total. The van der Waals surface area contributed by atoms with Crippen LogP contribution in [0.1, 0.15) is 33.6 Å². The van der Waals surface area contributed by atoms with Gasteiger partial charge in [0.2, 0.25) is 5.84 Å². The summed E-state index contributed by atoms with van der Waals surface area (Å²) in [5.41, 5.74) is 0. The van der Waals surface area contributed by atoms with E-state index in [0.717, 1.165) is 19.0 Å². The molecule has 0 spiro atoms. The molecule has 0 aromatic rings. The molecule has 1 aliphatic heterocycles. The highest BCUT2D eigenvalue weighted by Crippen LogP contribution is 2.10. The van der Waals surface area contributed by atoms with Gasteiger partial charge in [-0.3, -0.25) is 9.48 Å². The predicted molar refractivity (Wildman–Crippen MR) is 52.8 cm³/mol. The van der Waals surface area contributed by atoms with E-state index in [1.165, 1.54) is 18.8 Å². The Hall–Kier alpha value is -0.530. The van der Waals surface area contributed by atoms with Crippen molar-refractivity contribution in [3.8, 4) is 0 Å². The Balaban J connectivity index is 2.84. The van der Waals surface area contributed by atoms with Crippen molar-refractivity contribution >= 4 is 5.84 Å². The molecule has 0 aromatic heterocycles. The molecule has 1 heterocycles. The van der Waals surface area contributed by atoms with E-state index in [-0.39, 0.29) is 0 Å². The molecule has 0 fully saturated rings. The fraction of sp³-hybridized carbons (Fsp3) is 0.900. The highest BCUT2D eigenvalue weighted by Gasteiger charge is 2.27. The number of amidine groups is 1. The molecule has 1 rings (SSSR count). The Labute approximate surface area is 75.9 Å². The molecular weight excluding hydrogens is 148 g/mol. The summed E-state index contributed by atoms with van der Waals surface area (Å²) in [6, 6.07) is 0.725. The number of hydrogen-bond acceptors (Lipinski definition) is 1. The fourth-order valence-corrected chi connectivity index (χ4v) is 1.96. The standard InChI is InChI=1S/C10H21N2/c1-5-10-11(4)9(3)7-8-12(10)6-2/h9H,5-8H2,1-4H3/q+1. The van der Waals surface area contributed by atoms with Crippen LogP contribution in [0, 0.1) is 0 Å². The van der Waals surface area contributed by atoms with Crippen LogP contribution in [-0.4, -0.2) is 41.5 Å². The predicted octanol–water partition coefficient (Wildman–Crippen LogP) is 1.55. The third-order valence-electron chi connectivity index (χ3n) is 2.95. The fourth-order valence-electron chi connectivity index (χ4n) is 1.96. The van der Waals surface area contributed by atoms with E-state index in [0.29, 0.717) is 0 Å². The van der Waals surface area contributed by atoms with Crippen molar-refractivity contribution in [3.05, 3.63) is 0 Å². The van der Waals surface area contributed by atoms with Crippen LogP contribution in [0.25, 0.3) is 0 Å². The molecule has 0 saturated carbocycles. The minimum Gasteiger partial charge on any atom is -0.266 e. The number of rotatable bonds is 2. The number of nitrogens with zero attached hydrogens (tertiary/aromatic N) is 2. The first-order chi connectivity index (χ1) is 5.70. The summed E-state index contributed by atoms with van der Waals surface area (Å²) in [4.78, 5) is 2.42. The maximum atomic E-state index is 2.49. The van der Waals surface area contributed by atoms with Crippen LogP contribution in [0.2, 0.25) is 0 Å². The van der Waals surface area contributed by atoms with Crippen molar-refractivity contribution in [2.75, 3.05) is 20.1 Å². The molecule has 0 amide bonds. The molecule has 70 valence electrons. The Bertz CT molecular complexity index is 184. The van der Waals surface area contributed by atoms with Gasteiger partial charge in [-0.05, 0) is 13.8 Å².